The van der Waals surface area contributed by atoms with Gasteiger partial charge in [-0.2, -0.15) is 0 Å². The molecule has 6 nitrogen and oxygen atoms in total. The first-order valence-corrected chi connectivity index (χ1v) is 11.9. The zero-order valence-corrected chi connectivity index (χ0v) is 20.8. The van der Waals surface area contributed by atoms with Crippen molar-refractivity contribution in [1.29, 1.82) is 0 Å². The lowest BCUT2D eigenvalue weighted by atomic mass is 9.91. The SMILES string of the molecule is CCOC(=O)c1cc(/C(=C(/c2ccccc2)c2cc(C(=O)OCC)c(C)o2)c2ccccc2)oc1C. The van der Waals surface area contributed by atoms with Gasteiger partial charge in [0.1, 0.15) is 34.2 Å². The van der Waals surface area contributed by atoms with E-state index < -0.39 is 11.9 Å². The molecule has 0 N–H and O–H groups in total. The molecule has 0 unspecified atom stereocenters. The molecule has 4 aromatic rings. The summed E-state index contributed by atoms with van der Waals surface area (Å²) < 4.78 is 22.7. The molecular weight excluding hydrogens is 456 g/mol. The largest absolute Gasteiger partial charge is 0.462 e. The molecule has 0 radical (unpaired) electrons. The number of aryl methyl sites for hydroxylation is 2. The molecule has 0 aliphatic carbocycles. The lowest BCUT2D eigenvalue weighted by Crippen LogP contribution is -2.04. The van der Waals surface area contributed by atoms with Gasteiger partial charge in [0.05, 0.1) is 13.2 Å². The first-order chi connectivity index (χ1) is 17.4. The van der Waals surface area contributed by atoms with Crippen LogP contribution < -0.4 is 0 Å². The highest BCUT2D eigenvalue weighted by Crippen LogP contribution is 2.39. The number of carbonyl (C=O) groups excluding carboxylic acids is 2. The molecule has 36 heavy (non-hydrogen) atoms. The van der Waals surface area contributed by atoms with Crippen LogP contribution in [0.15, 0.2) is 81.6 Å². The second-order valence-electron chi connectivity index (χ2n) is 8.08. The van der Waals surface area contributed by atoms with Gasteiger partial charge >= 0.3 is 11.9 Å². The Kier molecular flexibility index (Phi) is 7.54. The predicted octanol–water partition coefficient (Wildman–Crippen LogP) is 6.85. The third-order valence-corrected chi connectivity index (χ3v) is 5.69. The molecule has 2 heterocycles. The third-order valence-electron chi connectivity index (χ3n) is 5.69. The number of hydrogen-bond donors (Lipinski definition) is 0. The molecule has 2 aromatic carbocycles. The van der Waals surface area contributed by atoms with Gasteiger partial charge in [-0.25, -0.2) is 9.59 Å². The Balaban J connectivity index is 2.04. The van der Waals surface area contributed by atoms with Crippen molar-refractivity contribution in [3.63, 3.8) is 0 Å². The second-order valence-corrected chi connectivity index (χ2v) is 8.08. The fourth-order valence-corrected chi connectivity index (χ4v) is 4.06. The molecule has 2 aromatic heterocycles. The normalized spacial score (nSPS) is 11.7. The minimum Gasteiger partial charge on any atom is -0.462 e. The number of esters is 2. The Hall–Kier alpha value is -4.32. The zero-order chi connectivity index (χ0) is 25.7. The number of rotatable bonds is 8. The first kappa shape index (κ1) is 24.8. The van der Waals surface area contributed by atoms with Crippen LogP contribution in [0, 0.1) is 13.8 Å². The van der Waals surface area contributed by atoms with Gasteiger partial charge in [-0.15, -0.1) is 0 Å². The Morgan fingerprint density at radius 1 is 0.639 bits per heavy atom. The molecule has 0 bridgehead atoms. The molecule has 4 rings (SSSR count). The first-order valence-electron chi connectivity index (χ1n) is 11.9. The summed E-state index contributed by atoms with van der Waals surface area (Å²) in [5, 5.41) is 0. The molecule has 0 amide bonds. The van der Waals surface area contributed by atoms with Crippen LogP contribution in [0.3, 0.4) is 0 Å². The fourth-order valence-electron chi connectivity index (χ4n) is 4.06. The lowest BCUT2D eigenvalue weighted by Gasteiger charge is -2.13. The van der Waals surface area contributed by atoms with Gasteiger partial charge in [0.15, 0.2) is 0 Å². The Morgan fingerprint density at radius 2 is 1.00 bits per heavy atom. The maximum Gasteiger partial charge on any atom is 0.341 e. The van der Waals surface area contributed by atoms with E-state index in [4.69, 9.17) is 18.3 Å². The summed E-state index contributed by atoms with van der Waals surface area (Å²) in [6, 6.07) is 22.8. The van der Waals surface area contributed by atoms with Crippen LogP contribution >= 0.6 is 0 Å². The van der Waals surface area contributed by atoms with Gasteiger partial charge in [-0.05, 0) is 51.0 Å². The Morgan fingerprint density at radius 3 is 1.33 bits per heavy atom. The average molecular weight is 485 g/mol. The third kappa shape index (κ3) is 5.03. The van der Waals surface area contributed by atoms with E-state index in [9.17, 15) is 9.59 Å². The van der Waals surface area contributed by atoms with Gasteiger partial charge in [0.2, 0.25) is 0 Å². The van der Waals surface area contributed by atoms with Crippen LogP contribution in [0.2, 0.25) is 0 Å². The van der Waals surface area contributed by atoms with Crippen LogP contribution in [-0.4, -0.2) is 25.2 Å². The van der Waals surface area contributed by atoms with Gasteiger partial charge in [-0.1, -0.05) is 60.7 Å². The van der Waals surface area contributed by atoms with Crippen molar-refractivity contribution in [2.75, 3.05) is 13.2 Å². The van der Waals surface area contributed by atoms with Crippen molar-refractivity contribution >= 4 is 23.1 Å². The van der Waals surface area contributed by atoms with Gasteiger partial charge in [-0.3, -0.25) is 0 Å². The van der Waals surface area contributed by atoms with Crippen LogP contribution in [0.5, 0.6) is 0 Å². The molecule has 0 saturated carbocycles. The molecule has 0 aliphatic rings. The number of carbonyl (C=O) groups is 2. The van der Waals surface area contributed by atoms with Crippen molar-refractivity contribution in [3.8, 4) is 0 Å². The topological polar surface area (TPSA) is 78.9 Å². The van der Waals surface area contributed by atoms with Crippen molar-refractivity contribution < 1.29 is 27.9 Å². The zero-order valence-electron chi connectivity index (χ0n) is 20.8. The van der Waals surface area contributed by atoms with E-state index in [1.807, 2.05) is 60.7 Å². The molecule has 184 valence electrons. The van der Waals surface area contributed by atoms with E-state index in [1.165, 1.54) is 0 Å². The maximum absolute atomic E-state index is 12.6. The highest BCUT2D eigenvalue weighted by Gasteiger charge is 2.26. The highest BCUT2D eigenvalue weighted by molar-refractivity contribution is 6.04. The number of benzene rings is 2. The number of hydrogen-bond acceptors (Lipinski definition) is 6. The molecular formula is C30H28O6. The summed E-state index contributed by atoms with van der Waals surface area (Å²) in [4.78, 5) is 25.1. The van der Waals surface area contributed by atoms with Gasteiger partial charge in [0, 0.05) is 11.1 Å². The van der Waals surface area contributed by atoms with Crippen LogP contribution in [0.25, 0.3) is 11.1 Å². The summed E-state index contributed by atoms with van der Waals surface area (Å²) in [5.74, 6) is 0.966. The number of ether oxygens (including phenoxy) is 2. The predicted molar refractivity (Wildman–Crippen MR) is 137 cm³/mol. The molecule has 6 heteroatoms. The second kappa shape index (κ2) is 11.0. The lowest BCUT2D eigenvalue weighted by molar-refractivity contribution is 0.0514. The van der Waals surface area contributed by atoms with Crippen LogP contribution in [0.1, 0.15) is 68.7 Å². The van der Waals surface area contributed by atoms with Crippen molar-refractivity contribution in [1.82, 2.24) is 0 Å². The van der Waals surface area contributed by atoms with E-state index in [0.29, 0.717) is 45.3 Å². The standard InChI is InChI=1S/C30H28O6/c1-5-33-29(31)23-17-25(35-19(23)3)27(21-13-9-7-10-14-21)28(22-15-11-8-12-16-22)26-18-24(20(4)36-26)30(32)34-6-2/h7-18H,5-6H2,1-4H3/b28-27-. The summed E-state index contributed by atoms with van der Waals surface area (Å²) in [5.41, 5.74) is 3.85. The van der Waals surface area contributed by atoms with Gasteiger partial charge < -0.3 is 18.3 Å². The summed E-state index contributed by atoms with van der Waals surface area (Å²) in [7, 11) is 0. The maximum atomic E-state index is 12.6. The van der Waals surface area contributed by atoms with E-state index in [0.717, 1.165) is 11.1 Å². The summed E-state index contributed by atoms with van der Waals surface area (Å²) in [6.45, 7) is 7.51. The van der Waals surface area contributed by atoms with Gasteiger partial charge in [0.25, 0.3) is 0 Å². The number of furan rings is 2. The molecule has 0 atom stereocenters. The minimum atomic E-state index is -0.447. The van der Waals surface area contributed by atoms with E-state index >= 15 is 0 Å². The van der Waals surface area contributed by atoms with E-state index in [-0.39, 0.29) is 13.2 Å². The van der Waals surface area contributed by atoms with E-state index in [2.05, 4.69) is 0 Å². The van der Waals surface area contributed by atoms with Crippen LogP contribution in [-0.2, 0) is 9.47 Å². The molecule has 0 aliphatic heterocycles. The van der Waals surface area contributed by atoms with Crippen molar-refractivity contribution in [2.45, 2.75) is 27.7 Å². The van der Waals surface area contributed by atoms with Crippen molar-refractivity contribution in [2.24, 2.45) is 0 Å². The Bertz CT molecular complexity index is 1280. The molecule has 0 spiro atoms. The average Bonchev–Trinajstić information content (AvgIpc) is 3.46. The summed E-state index contributed by atoms with van der Waals surface area (Å²) >= 11 is 0. The fraction of sp³-hybridized carbons (Fsp3) is 0.200. The van der Waals surface area contributed by atoms with Crippen LogP contribution in [0.4, 0.5) is 0 Å². The van der Waals surface area contributed by atoms with Crippen molar-refractivity contribution in [3.05, 3.63) is 118 Å². The summed E-state index contributed by atoms with van der Waals surface area (Å²) in [6.07, 6.45) is 0. The smallest absolute Gasteiger partial charge is 0.341 e. The highest BCUT2D eigenvalue weighted by atomic mass is 16.5. The molecule has 0 fully saturated rings. The quantitative estimate of drug-likeness (QED) is 0.201. The monoisotopic (exact) mass is 484 g/mol. The van der Waals surface area contributed by atoms with E-state index in [1.54, 1.807) is 39.8 Å². The molecule has 0 saturated heterocycles. The minimum absolute atomic E-state index is 0.262. The Labute approximate surface area is 210 Å².